The number of para-hydroxylation sites is 1. The van der Waals surface area contributed by atoms with Crippen LogP contribution in [0.25, 0.3) is 0 Å². The van der Waals surface area contributed by atoms with Crippen LogP contribution in [0.4, 0.5) is 0 Å². The Kier molecular flexibility index (Phi) is 6.28. The zero-order valence-electron chi connectivity index (χ0n) is 12.9. The summed E-state index contributed by atoms with van der Waals surface area (Å²) in [5.41, 5.74) is 12.0. The lowest BCUT2D eigenvalue weighted by Crippen LogP contribution is -2.21. The Hall–Kier alpha value is -2.44. The predicted molar refractivity (Wildman–Crippen MR) is 97.2 cm³/mol. The second kappa shape index (κ2) is 8.42. The molecule has 2 aromatic rings. The molecule has 0 aliphatic heterocycles. The predicted octanol–water partition coefficient (Wildman–Crippen LogP) is 3.19. The van der Waals surface area contributed by atoms with Crippen LogP contribution < -0.4 is 20.9 Å². The average Bonchev–Trinajstić information content (AvgIpc) is 2.56. The Morgan fingerprint density at radius 2 is 1.96 bits per heavy atom. The molecule has 0 aliphatic rings. The van der Waals surface area contributed by atoms with E-state index in [1.165, 1.54) is 6.21 Å². The van der Waals surface area contributed by atoms with Gasteiger partial charge in [0.2, 0.25) is 5.96 Å². The van der Waals surface area contributed by atoms with E-state index in [2.05, 4.69) is 10.2 Å². The van der Waals surface area contributed by atoms with E-state index in [0.29, 0.717) is 27.1 Å². The van der Waals surface area contributed by atoms with Crippen molar-refractivity contribution in [2.45, 2.75) is 6.61 Å². The van der Waals surface area contributed by atoms with Gasteiger partial charge in [-0.2, -0.15) is 5.10 Å². The lowest BCUT2D eigenvalue weighted by atomic mass is 10.2. The molecule has 0 aromatic heterocycles. The molecule has 0 aliphatic carbocycles. The number of methoxy groups -OCH3 is 1. The molecule has 0 bridgehead atoms. The molecule has 24 heavy (non-hydrogen) atoms. The lowest BCUT2D eigenvalue weighted by Gasteiger charge is -2.13. The standard InChI is InChI=1S/C16H16Cl2N4O2/c1-23-14-4-2-3-11(8-21-22-16(19)20)15(14)24-9-10-5-6-12(17)13(18)7-10/h2-8H,9H2,1H3,(H4,19,20,22). The first-order valence-electron chi connectivity index (χ1n) is 6.87. The molecule has 0 amide bonds. The van der Waals surface area contributed by atoms with Gasteiger partial charge in [0.1, 0.15) is 6.61 Å². The minimum absolute atomic E-state index is 0.132. The fourth-order valence-corrected chi connectivity index (χ4v) is 2.21. The molecule has 0 atom stereocenters. The highest BCUT2D eigenvalue weighted by Crippen LogP contribution is 2.31. The summed E-state index contributed by atoms with van der Waals surface area (Å²) in [7, 11) is 1.55. The molecule has 4 N–H and O–H groups in total. The maximum atomic E-state index is 6.01. The number of hydrogen-bond donors (Lipinski definition) is 2. The van der Waals surface area contributed by atoms with Crippen LogP contribution in [0.5, 0.6) is 11.5 Å². The summed E-state index contributed by atoms with van der Waals surface area (Å²) in [5.74, 6) is 0.941. The maximum absolute atomic E-state index is 6.01. The van der Waals surface area contributed by atoms with Crippen molar-refractivity contribution in [1.82, 2.24) is 0 Å². The van der Waals surface area contributed by atoms with Gasteiger partial charge in [-0.05, 0) is 29.8 Å². The van der Waals surface area contributed by atoms with Gasteiger partial charge < -0.3 is 20.9 Å². The highest BCUT2D eigenvalue weighted by Gasteiger charge is 2.10. The summed E-state index contributed by atoms with van der Waals surface area (Å²) in [6.07, 6.45) is 1.48. The number of rotatable bonds is 6. The minimum Gasteiger partial charge on any atom is -0.493 e. The normalized spacial score (nSPS) is 10.6. The molecular weight excluding hydrogens is 351 g/mol. The number of halogens is 2. The second-order valence-corrected chi connectivity index (χ2v) is 5.50. The molecule has 2 aromatic carbocycles. The monoisotopic (exact) mass is 366 g/mol. The number of hydrogen-bond acceptors (Lipinski definition) is 4. The van der Waals surface area contributed by atoms with Gasteiger partial charge in [-0.3, -0.25) is 0 Å². The first-order valence-corrected chi connectivity index (χ1v) is 7.62. The van der Waals surface area contributed by atoms with E-state index in [-0.39, 0.29) is 12.6 Å². The highest BCUT2D eigenvalue weighted by molar-refractivity contribution is 6.42. The van der Waals surface area contributed by atoms with Gasteiger partial charge in [0.25, 0.3) is 0 Å². The Morgan fingerprint density at radius 3 is 2.62 bits per heavy atom. The minimum atomic E-state index is -0.132. The van der Waals surface area contributed by atoms with E-state index >= 15 is 0 Å². The zero-order valence-corrected chi connectivity index (χ0v) is 14.4. The van der Waals surface area contributed by atoms with Crippen molar-refractivity contribution in [2.75, 3.05) is 7.11 Å². The summed E-state index contributed by atoms with van der Waals surface area (Å²) in [6.45, 7) is 0.278. The van der Waals surface area contributed by atoms with Crippen molar-refractivity contribution in [3.63, 3.8) is 0 Å². The van der Waals surface area contributed by atoms with Crippen LogP contribution in [-0.4, -0.2) is 19.3 Å². The SMILES string of the molecule is COc1cccc(C=NN=C(N)N)c1OCc1ccc(Cl)c(Cl)c1. The van der Waals surface area contributed by atoms with Crippen LogP contribution in [0.2, 0.25) is 10.0 Å². The number of ether oxygens (including phenoxy) is 2. The fourth-order valence-electron chi connectivity index (χ4n) is 1.89. The molecule has 8 heteroatoms. The number of benzene rings is 2. The third-order valence-corrected chi connectivity index (χ3v) is 3.71. The molecule has 0 radical (unpaired) electrons. The molecule has 0 saturated heterocycles. The quantitative estimate of drug-likeness (QED) is 0.466. The molecule has 0 unspecified atom stereocenters. The lowest BCUT2D eigenvalue weighted by molar-refractivity contribution is 0.284. The molecule has 2 rings (SSSR count). The van der Waals surface area contributed by atoms with Crippen molar-refractivity contribution in [2.24, 2.45) is 21.7 Å². The summed E-state index contributed by atoms with van der Waals surface area (Å²) in [4.78, 5) is 0. The summed E-state index contributed by atoms with van der Waals surface area (Å²) in [5, 5.41) is 8.32. The Labute approximate surface area is 149 Å². The van der Waals surface area contributed by atoms with Gasteiger partial charge in [-0.15, -0.1) is 5.10 Å². The molecule has 0 saturated carbocycles. The van der Waals surface area contributed by atoms with E-state index in [1.54, 1.807) is 31.4 Å². The average molecular weight is 367 g/mol. The van der Waals surface area contributed by atoms with Gasteiger partial charge in [-0.1, -0.05) is 35.3 Å². The number of nitrogens with zero attached hydrogens (tertiary/aromatic N) is 2. The first kappa shape index (κ1) is 17.9. The zero-order chi connectivity index (χ0) is 17.5. The van der Waals surface area contributed by atoms with Crippen LogP contribution in [0.1, 0.15) is 11.1 Å². The van der Waals surface area contributed by atoms with Gasteiger partial charge in [0.15, 0.2) is 11.5 Å². The fraction of sp³-hybridized carbons (Fsp3) is 0.125. The molecule has 0 fully saturated rings. The molecule has 6 nitrogen and oxygen atoms in total. The molecule has 0 heterocycles. The van der Waals surface area contributed by atoms with E-state index in [4.69, 9.17) is 44.1 Å². The van der Waals surface area contributed by atoms with E-state index in [1.807, 2.05) is 12.1 Å². The largest absolute Gasteiger partial charge is 0.493 e. The Balaban J connectivity index is 2.25. The molecular formula is C16H16Cl2N4O2. The Morgan fingerprint density at radius 1 is 1.17 bits per heavy atom. The molecule has 126 valence electrons. The summed E-state index contributed by atoms with van der Waals surface area (Å²) < 4.78 is 11.2. The van der Waals surface area contributed by atoms with Crippen molar-refractivity contribution >= 4 is 35.4 Å². The van der Waals surface area contributed by atoms with E-state index < -0.39 is 0 Å². The smallest absolute Gasteiger partial charge is 0.211 e. The van der Waals surface area contributed by atoms with Crippen molar-refractivity contribution < 1.29 is 9.47 Å². The van der Waals surface area contributed by atoms with Crippen LogP contribution in [0.3, 0.4) is 0 Å². The number of nitrogens with two attached hydrogens (primary N) is 2. The maximum Gasteiger partial charge on any atom is 0.211 e. The van der Waals surface area contributed by atoms with E-state index in [9.17, 15) is 0 Å². The summed E-state index contributed by atoms with van der Waals surface area (Å²) >= 11 is 11.9. The third kappa shape index (κ3) is 4.78. The Bertz CT molecular complexity index is 775. The van der Waals surface area contributed by atoms with E-state index in [0.717, 1.165) is 5.56 Å². The van der Waals surface area contributed by atoms with Crippen molar-refractivity contribution in [3.8, 4) is 11.5 Å². The van der Waals surface area contributed by atoms with Gasteiger partial charge >= 0.3 is 0 Å². The van der Waals surface area contributed by atoms with Gasteiger partial charge in [0.05, 0.1) is 23.4 Å². The summed E-state index contributed by atoms with van der Waals surface area (Å²) in [6, 6.07) is 10.7. The molecule has 0 spiro atoms. The van der Waals surface area contributed by atoms with Gasteiger partial charge in [0, 0.05) is 5.56 Å². The van der Waals surface area contributed by atoms with Crippen LogP contribution >= 0.6 is 23.2 Å². The highest BCUT2D eigenvalue weighted by atomic mass is 35.5. The van der Waals surface area contributed by atoms with Crippen LogP contribution in [0, 0.1) is 0 Å². The van der Waals surface area contributed by atoms with Gasteiger partial charge in [-0.25, -0.2) is 0 Å². The topological polar surface area (TPSA) is 95.2 Å². The van der Waals surface area contributed by atoms with Crippen molar-refractivity contribution in [1.29, 1.82) is 0 Å². The first-order chi connectivity index (χ1) is 11.5. The number of guanidine groups is 1. The second-order valence-electron chi connectivity index (χ2n) is 4.69. The third-order valence-electron chi connectivity index (χ3n) is 2.97. The van der Waals surface area contributed by atoms with Crippen LogP contribution in [-0.2, 0) is 6.61 Å². The van der Waals surface area contributed by atoms with Crippen molar-refractivity contribution in [3.05, 3.63) is 57.6 Å². The van der Waals surface area contributed by atoms with Crippen LogP contribution in [0.15, 0.2) is 46.6 Å².